The molecule has 4 aromatic carbocycles. The minimum absolute atomic E-state index is 0.127. The van der Waals surface area contributed by atoms with E-state index in [0.29, 0.717) is 16.7 Å². The molecule has 5 nitrogen and oxygen atoms in total. The van der Waals surface area contributed by atoms with Crippen LogP contribution in [-0.4, -0.2) is 16.0 Å². The average Bonchev–Trinajstić information content (AvgIpc) is 2.80. The van der Waals surface area contributed by atoms with Gasteiger partial charge in [0.15, 0.2) is 11.4 Å². The van der Waals surface area contributed by atoms with Crippen molar-refractivity contribution in [2.75, 3.05) is 0 Å². The van der Waals surface area contributed by atoms with Gasteiger partial charge in [-0.05, 0) is 71.3 Å². The number of carbonyl (C=O) groups excluding carboxylic acids is 1. The number of benzene rings is 4. The molecule has 1 unspecified atom stereocenters. The number of rotatable bonds is 2. The Morgan fingerprint density at radius 1 is 0.645 bits per heavy atom. The smallest absolute Gasteiger partial charge is 0.508 e. The standard InChI is InChI=1S/C13H10O3.C12H8O2P/c14-11-5-1-9(2-6-11)13(16)10-3-7-12(15)8-4-10;13-15-12-8-4-2-6-10(12)9-5-1-3-7-11(9)14-15/h1-8,14-15H;1-8H/q;+1. The minimum Gasteiger partial charge on any atom is -0.508 e. The maximum absolute atomic E-state index is 11.9. The van der Waals surface area contributed by atoms with Crippen molar-refractivity contribution in [3.8, 4) is 11.5 Å². The Bertz CT molecular complexity index is 1370. The van der Waals surface area contributed by atoms with Gasteiger partial charge in [0.05, 0.1) is 0 Å². The molecule has 0 aliphatic rings. The first-order chi connectivity index (χ1) is 15.0. The fourth-order valence-electron chi connectivity index (χ4n) is 3.16. The van der Waals surface area contributed by atoms with Crippen LogP contribution in [-0.2, 0) is 4.57 Å². The van der Waals surface area contributed by atoms with Gasteiger partial charge in [0.25, 0.3) is 0 Å². The number of hydrogen-bond acceptors (Lipinski definition) is 5. The Morgan fingerprint density at radius 3 is 1.71 bits per heavy atom. The zero-order chi connectivity index (χ0) is 21.8. The normalized spacial score (nSPS) is 11.0. The Labute approximate surface area is 178 Å². The van der Waals surface area contributed by atoms with Gasteiger partial charge in [-0.1, -0.05) is 30.3 Å². The summed E-state index contributed by atoms with van der Waals surface area (Å²) >= 11 is 0. The van der Waals surface area contributed by atoms with Crippen LogP contribution in [0.4, 0.5) is 0 Å². The maximum Gasteiger partial charge on any atom is 0.597 e. The van der Waals surface area contributed by atoms with E-state index in [9.17, 15) is 9.36 Å². The summed E-state index contributed by atoms with van der Waals surface area (Å²) in [6, 6.07) is 27.4. The predicted octanol–water partition coefficient (Wildman–Crippen LogP) is 6.66. The molecule has 6 heteroatoms. The molecular weight excluding hydrogens is 411 g/mol. The van der Waals surface area contributed by atoms with Gasteiger partial charge in [-0.25, -0.2) is 4.20 Å². The van der Waals surface area contributed by atoms with Gasteiger partial charge in [0.2, 0.25) is 5.12 Å². The third kappa shape index (κ3) is 4.47. The number of fused-ring (bicyclic) bond motifs is 3. The van der Waals surface area contributed by atoms with E-state index in [1.165, 1.54) is 24.3 Å². The summed E-state index contributed by atoms with van der Waals surface area (Å²) in [6.45, 7) is 0. The summed E-state index contributed by atoms with van der Waals surface area (Å²) in [6.07, 6.45) is 0. The van der Waals surface area contributed by atoms with Gasteiger partial charge in [0, 0.05) is 21.9 Å². The summed E-state index contributed by atoms with van der Waals surface area (Å²) in [5.41, 5.74) is 1.71. The van der Waals surface area contributed by atoms with E-state index in [1.807, 2.05) is 48.5 Å². The Hall–Kier alpha value is -3.95. The molecule has 152 valence electrons. The van der Waals surface area contributed by atoms with E-state index in [-0.39, 0.29) is 17.3 Å². The molecule has 0 aliphatic carbocycles. The number of ketones is 1. The fourth-order valence-corrected chi connectivity index (χ4v) is 4.20. The van der Waals surface area contributed by atoms with E-state index in [0.717, 1.165) is 15.9 Å². The fraction of sp³-hybridized carbons (Fsp3) is 0. The number of carbonyl (C=O) groups is 1. The molecule has 0 fully saturated rings. The van der Waals surface area contributed by atoms with E-state index < -0.39 is 7.65 Å². The molecule has 0 amide bonds. The SMILES string of the molecule is O=C(c1ccc(O)cc1)c1ccc(O)cc1.O=[p+]1oc2ccccc2c2ccccc21. The number of hydrogen-bond donors (Lipinski definition) is 2. The van der Waals surface area contributed by atoms with E-state index in [2.05, 4.69) is 0 Å². The van der Waals surface area contributed by atoms with Crippen LogP contribution in [0, 0.1) is 0 Å². The van der Waals surface area contributed by atoms with Crippen molar-refractivity contribution in [1.29, 1.82) is 0 Å². The van der Waals surface area contributed by atoms with Gasteiger partial charge in [-0.3, -0.25) is 4.79 Å². The van der Waals surface area contributed by atoms with Crippen molar-refractivity contribution in [2.24, 2.45) is 0 Å². The molecule has 0 spiro atoms. The summed E-state index contributed by atoms with van der Waals surface area (Å²) in [7, 11) is -1.74. The maximum atomic E-state index is 11.9. The Balaban J connectivity index is 0.000000149. The van der Waals surface area contributed by atoms with E-state index in [4.69, 9.17) is 14.4 Å². The molecule has 1 aromatic heterocycles. The average molecular weight is 429 g/mol. The molecule has 0 radical (unpaired) electrons. The van der Waals surface area contributed by atoms with Crippen molar-refractivity contribution in [3.63, 3.8) is 0 Å². The van der Waals surface area contributed by atoms with Gasteiger partial charge in [-0.15, -0.1) is 0 Å². The van der Waals surface area contributed by atoms with E-state index >= 15 is 0 Å². The third-order valence-corrected chi connectivity index (χ3v) is 5.86. The molecule has 31 heavy (non-hydrogen) atoms. The molecule has 0 bridgehead atoms. The Kier molecular flexibility index (Phi) is 5.78. The summed E-state index contributed by atoms with van der Waals surface area (Å²) in [4.78, 5) is 11.9. The molecule has 0 saturated heterocycles. The summed E-state index contributed by atoms with van der Waals surface area (Å²) < 4.78 is 17.1. The number of phenols is 2. The zero-order valence-electron chi connectivity index (χ0n) is 16.3. The predicted molar refractivity (Wildman–Crippen MR) is 121 cm³/mol. The van der Waals surface area contributed by atoms with Crippen LogP contribution in [0.2, 0.25) is 0 Å². The highest BCUT2D eigenvalue weighted by Crippen LogP contribution is 2.34. The lowest BCUT2D eigenvalue weighted by molar-refractivity contribution is 0.103. The van der Waals surface area contributed by atoms with Gasteiger partial charge in [-0.2, -0.15) is 0 Å². The molecule has 1 atom stereocenters. The third-order valence-electron chi connectivity index (χ3n) is 4.72. The minimum atomic E-state index is -1.74. The van der Waals surface area contributed by atoms with Crippen LogP contribution in [0.5, 0.6) is 11.5 Å². The zero-order valence-corrected chi connectivity index (χ0v) is 17.2. The Morgan fingerprint density at radius 2 is 1.13 bits per heavy atom. The number of aromatic hydroxyl groups is 2. The lowest BCUT2D eigenvalue weighted by Gasteiger charge is -2.01. The van der Waals surface area contributed by atoms with Crippen molar-refractivity contribution < 1.29 is 23.8 Å². The second-order valence-corrected chi connectivity index (χ2v) is 7.96. The quantitative estimate of drug-likeness (QED) is 0.242. The second-order valence-electron chi connectivity index (χ2n) is 6.78. The van der Waals surface area contributed by atoms with E-state index in [1.54, 1.807) is 24.3 Å². The van der Waals surface area contributed by atoms with Crippen molar-refractivity contribution in [1.82, 2.24) is 0 Å². The van der Waals surface area contributed by atoms with Gasteiger partial charge in [0.1, 0.15) is 11.5 Å². The van der Waals surface area contributed by atoms with Crippen molar-refractivity contribution in [2.45, 2.75) is 0 Å². The highest BCUT2D eigenvalue weighted by molar-refractivity contribution is 7.37. The topological polar surface area (TPSA) is 87.7 Å². The van der Waals surface area contributed by atoms with Crippen LogP contribution in [0.3, 0.4) is 0 Å². The second kappa shape index (κ2) is 8.82. The van der Waals surface area contributed by atoms with Crippen molar-refractivity contribution >= 4 is 34.9 Å². The van der Waals surface area contributed by atoms with Gasteiger partial charge >= 0.3 is 7.65 Å². The molecule has 5 aromatic rings. The van der Waals surface area contributed by atoms with Crippen molar-refractivity contribution in [3.05, 3.63) is 108 Å². The van der Waals surface area contributed by atoms with Crippen LogP contribution >= 0.6 is 7.65 Å². The molecule has 5 rings (SSSR count). The molecule has 0 saturated carbocycles. The highest BCUT2D eigenvalue weighted by Gasteiger charge is 2.14. The number of para-hydroxylation sites is 1. The lowest BCUT2D eigenvalue weighted by atomic mass is 10.0. The molecule has 1 heterocycles. The summed E-state index contributed by atoms with van der Waals surface area (Å²) in [5.74, 6) is 0.115. The molecule has 0 aliphatic heterocycles. The molecular formula is C25H18O5P+. The van der Waals surface area contributed by atoms with Crippen LogP contribution in [0.25, 0.3) is 21.5 Å². The first-order valence-corrected chi connectivity index (χ1v) is 10.7. The monoisotopic (exact) mass is 429 g/mol. The lowest BCUT2D eigenvalue weighted by Crippen LogP contribution is -2.00. The largest absolute Gasteiger partial charge is 0.597 e. The summed E-state index contributed by atoms with van der Waals surface area (Å²) in [5, 5.41) is 21.0. The highest BCUT2D eigenvalue weighted by atomic mass is 31.1. The molecule has 2 N–H and O–H groups in total. The van der Waals surface area contributed by atoms with Crippen LogP contribution in [0.1, 0.15) is 15.9 Å². The number of phenolic OH excluding ortho intramolecular Hbond substituents is 2. The first kappa shape index (κ1) is 20.3. The van der Waals surface area contributed by atoms with Crippen LogP contribution in [0.15, 0.2) is 101 Å². The van der Waals surface area contributed by atoms with Crippen LogP contribution < -0.4 is 0 Å². The van der Waals surface area contributed by atoms with Gasteiger partial charge < -0.3 is 10.2 Å². The first-order valence-electron chi connectivity index (χ1n) is 9.49.